The fourth-order valence-corrected chi connectivity index (χ4v) is 3.00. The van der Waals surface area contributed by atoms with Gasteiger partial charge in [-0.05, 0) is 46.1 Å². The molecule has 0 radical (unpaired) electrons. The fourth-order valence-electron chi connectivity index (χ4n) is 1.51. The largest absolute Gasteiger partial charge is 0.271 e. The Kier molecular flexibility index (Phi) is 4.06. The van der Waals surface area contributed by atoms with Crippen molar-refractivity contribution in [2.75, 3.05) is 0 Å². The third-order valence-corrected chi connectivity index (χ3v) is 4.04. The smallest absolute Gasteiger partial charge is 0.0702 e. The minimum absolute atomic E-state index is 0.139. The first kappa shape index (κ1) is 11.7. The van der Waals surface area contributed by atoms with Gasteiger partial charge in [-0.2, -0.15) is 0 Å². The summed E-state index contributed by atoms with van der Waals surface area (Å²) in [4.78, 5) is 5.32. The van der Waals surface area contributed by atoms with Crippen LogP contribution in [0.5, 0.6) is 0 Å². The van der Waals surface area contributed by atoms with Crippen LogP contribution in [-0.2, 0) is 6.42 Å². The zero-order valence-electron chi connectivity index (χ0n) is 8.56. The molecular formula is C11H12BrN3S. The van der Waals surface area contributed by atoms with E-state index in [0.717, 1.165) is 10.2 Å². The molecule has 2 rings (SSSR count). The molecule has 0 saturated carbocycles. The van der Waals surface area contributed by atoms with Gasteiger partial charge < -0.3 is 0 Å². The molecule has 0 aromatic carbocycles. The van der Waals surface area contributed by atoms with Crippen molar-refractivity contribution in [3.63, 3.8) is 0 Å². The minimum atomic E-state index is 0.139. The molecule has 16 heavy (non-hydrogen) atoms. The summed E-state index contributed by atoms with van der Waals surface area (Å²) >= 11 is 5.15. The van der Waals surface area contributed by atoms with Crippen molar-refractivity contribution in [2.45, 2.75) is 12.5 Å². The molecule has 3 nitrogen and oxygen atoms in total. The average molecular weight is 298 g/mol. The number of aromatic nitrogens is 1. The Morgan fingerprint density at radius 3 is 2.88 bits per heavy atom. The van der Waals surface area contributed by atoms with Gasteiger partial charge in [0.25, 0.3) is 0 Å². The van der Waals surface area contributed by atoms with Gasteiger partial charge in [-0.15, -0.1) is 11.3 Å². The van der Waals surface area contributed by atoms with Crippen molar-refractivity contribution in [2.24, 2.45) is 5.84 Å². The number of rotatable bonds is 4. The van der Waals surface area contributed by atoms with E-state index in [9.17, 15) is 0 Å². The summed E-state index contributed by atoms with van der Waals surface area (Å²) in [7, 11) is 0. The van der Waals surface area contributed by atoms with Crippen molar-refractivity contribution < 1.29 is 0 Å². The van der Waals surface area contributed by atoms with Crippen LogP contribution in [0.2, 0.25) is 0 Å². The molecule has 84 valence electrons. The van der Waals surface area contributed by atoms with Gasteiger partial charge in [-0.1, -0.05) is 6.07 Å². The zero-order chi connectivity index (χ0) is 11.4. The van der Waals surface area contributed by atoms with Gasteiger partial charge in [0.2, 0.25) is 0 Å². The number of nitrogens with zero attached hydrogens (tertiary/aromatic N) is 1. The highest BCUT2D eigenvalue weighted by atomic mass is 79.9. The molecule has 3 N–H and O–H groups in total. The van der Waals surface area contributed by atoms with Crippen LogP contribution in [0.4, 0.5) is 0 Å². The number of hydrazine groups is 1. The Morgan fingerprint density at radius 2 is 2.31 bits per heavy atom. The van der Waals surface area contributed by atoms with Crippen molar-refractivity contribution in [1.29, 1.82) is 0 Å². The van der Waals surface area contributed by atoms with E-state index in [4.69, 9.17) is 5.84 Å². The van der Waals surface area contributed by atoms with Crippen molar-refractivity contribution in [3.05, 3.63) is 50.9 Å². The summed E-state index contributed by atoms with van der Waals surface area (Å²) in [6.07, 6.45) is 4.49. The van der Waals surface area contributed by atoms with E-state index in [0.29, 0.717) is 0 Å². The summed E-state index contributed by atoms with van der Waals surface area (Å²) in [5.41, 5.74) is 4.02. The minimum Gasteiger partial charge on any atom is -0.271 e. The summed E-state index contributed by atoms with van der Waals surface area (Å²) in [6.45, 7) is 0. The maximum Gasteiger partial charge on any atom is 0.0702 e. The number of hydrogen-bond acceptors (Lipinski definition) is 4. The van der Waals surface area contributed by atoms with Crippen molar-refractivity contribution in [3.8, 4) is 0 Å². The van der Waals surface area contributed by atoms with Gasteiger partial charge in [0.1, 0.15) is 0 Å². The predicted molar refractivity (Wildman–Crippen MR) is 70.0 cm³/mol. The third-order valence-electron chi connectivity index (χ3n) is 2.30. The molecule has 0 aliphatic carbocycles. The third kappa shape index (κ3) is 2.89. The van der Waals surface area contributed by atoms with E-state index in [1.807, 2.05) is 18.3 Å². The lowest BCUT2D eigenvalue weighted by Gasteiger charge is -2.13. The number of nitrogens with two attached hydrogens (primary N) is 1. The van der Waals surface area contributed by atoms with E-state index >= 15 is 0 Å². The van der Waals surface area contributed by atoms with Crippen LogP contribution in [-0.4, -0.2) is 4.98 Å². The van der Waals surface area contributed by atoms with Gasteiger partial charge in [-0.25, -0.2) is 0 Å². The molecule has 1 unspecified atom stereocenters. The van der Waals surface area contributed by atoms with Gasteiger partial charge in [0.05, 0.1) is 9.83 Å². The first-order valence-electron chi connectivity index (χ1n) is 4.90. The molecule has 0 aliphatic heterocycles. The molecular weight excluding hydrogens is 286 g/mol. The quantitative estimate of drug-likeness (QED) is 0.674. The number of nitrogens with one attached hydrogen (secondary N) is 1. The number of pyridine rings is 1. The summed E-state index contributed by atoms with van der Waals surface area (Å²) in [6, 6.07) is 8.25. The number of halogens is 1. The normalized spacial score (nSPS) is 12.6. The predicted octanol–water partition coefficient (Wildman–Crippen LogP) is 2.65. The second kappa shape index (κ2) is 5.54. The topological polar surface area (TPSA) is 50.9 Å². The van der Waals surface area contributed by atoms with Gasteiger partial charge in [0.15, 0.2) is 0 Å². The molecule has 2 heterocycles. The molecule has 0 bridgehead atoms. The summed E-state index contributed by atoms with van der Waals surface area (Å²) in [5, 5.41) is 0. The van der Waals surface area contributed by atoms with Gasteiger partial charge in [-0.3, -0.25) is 16.3 Å². The lowest BCUT2D eigenvalue weighted by atomic mass is 10.1. The van der Waals surface area contributed by atoms with Gasteiger partial charge in [0, 0.05) is 17.3 Å². The molecule has 0 saturated heterocycles. The Bertz CT molecular complexity index is 444. The van der Waals surface area contributed by atoms with Crippen LogP contribution in [0.1, 0.15) is 16.5 Å². The van der Waals surface area contributed by atoms with Gasteiger partial charge >= 0.3 is 0 Å². The molecule has 5 heteroatoms. The average Bonchev–Trinajstić information content (AvgIpc) is 2.74. The standard InChI is InChI=1S/C11H12BrN3S/c12-11-4-3-10(16-11)9(15-13)6-8-2-1-5-14-7-8/h1-5,7,9,15H,6,13H2. The van der Waals surface area contributed by atoms with Crippen LogP contribution in [0.15, 0.2) is 40.4 Å². The molecule has 0 amide bonds. The molecule has 2 aromatic heterocycles. The number of thiophene rings is 1. The number of hydrogen-bond donors (Lipinski definition) is 2. The van der Waals surface area contributed by atoms with Crippen molar-refractivity contribution in [1.82, 2.24) is 10.4 Å². The monoisotopic (exact) mass is 297 g/mol. The highest BCUT2D eigenvalue weighted by molar-refractivity contribution is 9.11. The Morgan fingerprint density at radius 1 is 1.44 bits per heavy atom. The van der Waals surface area contributed by atoms with Crippen LogP contribution in [0.25, 0.3) is 0 Å². The highest BCUT2D eigenvalue weighted by Crippen LogP contribution is 2.28. The zero-order valence-corrected chi connectivity index (χ0v) is 11.0. The SMILES string of the molecule is NNC(Cc1cccnc1)c1ccc(Br)s1. The van der Waals surface area contributed by atoms with E-state index < -0.39 is 0 Å². The molecule has 0 aliphatic rings. The fraction of sp³-hybridized carbons (Fsp3) is 0.182. The maximum atomic E-state index is 5.58. The van der Waals surface area contributed by atoms with E-state index in [1.54, 1.807) is 17.5 Å². The first-order chi connectivity index (χ1) is 7.79. The molecule has 2 aromatic rings. The second-order valence-electron chi connectivity index (χ2n) is 3.43. The molecule has 0 fully saturated rings. The van der Waals surface area contributed by atoms with Crippen LogP contribution in [0, 0.1) is 0 Å². The van der Waals surface area contributed by atoms with E-state index in [-0.39, 0.29) is 6.04 Å². The summed E-state index contributed by atoms with van der Waals surface area (Å²) in [5.74, 6) is 5.58. The Hall–Kier alpha value is -0.750. The Balaban J connectivity index is 2.12. The lowest BCUT2D eigenvalue weighted by Crippen LogP contribution is -2.28. The van der Waals surface area contributed by atoms with Crippen LogP contribution < -0.4 is 11.3 Å². The molecule has 0 spiro atoms. The molecule has 1 atom stereocenters. The Labute approximate surface area is 107 Å². The second-order valence-corrected chi connectivity index (χ2v) is 5.92. The maximum absolute atomic E-state index is 5.58. The first-order valence-corrected chi connectivity index (χ1v) is 6.51. The highest BCUT2D eigenvalue weighted by Gasteiger charge is 2.12. The van der Waals surface area contributed by atoms with E-state index in [2.05, 4.69) is 38.5 Å². The van der Waals surface area contributed by atoms with Crippen LogP contribution >= 0.6 is 27.3 Å². The van der Waals surface area contributed by atoms with Crippen molar-refractivity contribution >= 4 is 27.3 Å². The summed E-state index contributed by atoms with van der Waals surface area (Å²) < 4.78 is 1.12. The lowest BCUT2D eigenvalue weighted by molar-refractivity contribution is 0.560. The van der Waals surface area contributed by atoms with E-state index in [1.165, 1.54) is 10.4 Å². The van der Waals surface area contributed by atoms with Crippen LogP contribution in [0.3, 0.4) is 0 Å².